The minimum absolute atomic E-state index is 0.773. The predicted molar refractivity (Wildman–Crippen MR) is 86.4 cm³/mol. The maximum absolute atomic E-state index is 4.54. The number of nitrogens with zero attached hydrogens (tertiary/aromatic N) is 6. The summed E-state index contributed by atoms with van der Waals surface area (Å²) in [5.41, 5.74) is 5.81. The highest BCUT2D eigenvalue weighted by Gasteiger charge is 2.17. The van der Waals surface area contributed by atoms with Crippen LogP contribution in [0, 0.1) is 20.8 Å². The Kier molecular flexibility index (Phi) is 3.56. The van der Waals surface area contributed by atoms with Crippen LogP contribution in [0.5, 0.6) is 0 Å². The van der Waals surface area contributed by atoms with Crippen LogP contribution in [0.15, 0.2) is 6.33 Å². The first-order valence-corrected chi connectivity index (χ1v) is 7.55. The van der Waals surface area contributed by atoms with Crippen LogP contribution in [0.4, 0.5) is 11.5 Å². The summed E-state index contributed by atoms with van der Waals surface area (Å²) in [6.07, 6.45) is 1.58. The summed E-state index contributed by atoms with van der Waals surface area (Å²) in [5.74, 6) is 0.773. The molecule has 7 nitrogen and oxygen atoms in total. The molecule has 22 heavy (non-hydrogen) atoms. The van der Waals surface area contributed by atoms with Crippen molar-refractivity contribution in [2.45, 2.75) is 47.7 Å². The molecule has 3 aromatic rings. The van der Waals surface area contributed by atoms with Crippen LogP contribution in [-0.2, 0) is 13.1 Å². The zero-order valence-corrected chi connectivity index (χ0v) is 13.7. The minimum atomic E-state index is 0.773. The highest BCUT2D eigenvalue weighted by atomic mass is 15.3. The van der Waals surface area contributed by atoms with E-state index in [-0.39, 0.29) is 0 Å². The maximum Gasteiger partial charge on any atom is 0.160 e. The average Bonchev–Trinajstić information content (AvgIpc) is 2.99. The van der Waals surface area contributed by atoms with Crippen molar-refractivity contribution in [1.29, 1.82) is 0 Å². The third kappa shape index (κ3) is 2.13. The third-order valence-electron chi connectivity index (χ3n) is 3.92. The van der Waals surface area contributed by atoms with Gasteiger partial charge in [-0.15, -0.1) is 0 Å². The van der Waals surface area contributed by atoms with Crippen molar-refractivity contribution in [1.82, 2.24) is 29.5 Å². The van der Waals surface area contributed by atoms with Crippen molar-refractivity contribution in [3.63, 3.8) is 0 Å². The average molecular weight is 299 g/mol. The number of nitrogens with one attached hydrogen (secondary N) is 1. The second-order valence-corrected chi connectivity index (χ2v) is 5.31. The molecule has 7 heteroatoms. The van der Waals surface area contributed by atoms with Gasteiger partial charge in [0.1, 0.15) is 17.4 Å². The lowest BCUT2D eigenvalue weighted by molar-refractivity contribution is 0.634. The van der Waals surface area contributed by atoms with E-state index in [4.69, 9.17) is 0 Å². The first kappa shape index (κ1) is 14.5. The number of rotatable bonds is 4. The Morgan fingerprint density at radius 1 is 0.955 bits per heavy atom. The minimum Gasteiger partial charge on any atom is -0.335 e. The van der Waals surface area contributed by atoms with Crippen molar-refractivity contribution < 1.29 is 0 Å². The molecule has 0 saturated carbocycles. The Morgan fingerprint density at radius 2 is 1.64 bits per heavy atom. The highest BCUT2D eigenvalue weighted by Crippen LogP contribution is 2.28. The van der Waals surface area contributed by atoms with Crippen LogP contribution in [0.3, 0.4) is 0 Å². The lowest BCUT2D eigenvalue weighted by Crippen LogP contribution is -2.03. The zero-order valence-electron chi connectivity index (χ0n) is 13.7. The zero-order chi connectivity index (χ0) is 15.9. The molecule has 0 aliphatic heterocycles. The lowest BCUT2D eigenvalue weighted by Gasteiger charge is -2.09. The normalized spacial score (nSPS) is 11.3. The summed E-state index contributed by atoms with van der Waals surface area (Å²) in [5, 5.41) is 12.5. The van der Waals surface area contributed by atoms with Gasteiger partial charge in [-0.3, -0.25) is 9.36 Å². The van der Waals surface area contributed by atoms with E-state index in [0.29, 0.717) is 0 Å². The van der Waals surface area contributed by atoms with E-state index in [0.717, 1.165) is 52.7 Å². The molecule has 0 spiro atoms. The quantitative estimate of drug-likeness (QED) is 0.802. The highest BCUT2D eigenvalue weighted by molar-refractivity contribution is 5.89. The Hall–Kier alpha value is -2.44. The summed E-state index contributed by atoms with van der Waals surface area (Å²) in [4.78, 5) is 8.78. The van der Waals surface area contributed by atoms with Gasteiger partial charge in [0.05, 0.1) is 22.8 Å². The van der Waals surface area contributed by atoms with Crippen LogP contribution in [0.2, 0.25) is 0 Å². The van der Waals surface area contributed by atoms with E-state index in [9.17, 15) is 0 Å². The van der Waals surface area contributed by atoms with Crippen LogP contribution >= 0.6 is 0 Å². The Morgan fingerprint density at radius 3 is 2.27 bits per heavy atom. The standard InChI is InChI=1S/C15H21N7/c1-6-21-11(5)12(9(3)19-21)18-15-14-13(16-8-17-15)10(4)20-22(14)7-2/h8H,6-7H2,1-5H3,(H,16,17,18). The monoisotopic (exact) mass is 299 g/mol. The summed E-state index contributed by atoms with van der Waals surface area (Å²) in [6.45, 7) is 11.8. The number of anilines is 2. The van der Waals surface area contributed by atoms with Crippen LogP contribution < -0.4 is 5.32 Å². The van der Waals surface area contributed by atoms with Gasteiger partial charge in [-0.05, 0) is 34.6 Å². The van der Waals surface area contributed by atoms with Crippen LogP contribution in [0.25, 0.3) is 11.0 Å². The molecular formula is C15H21N7. The number of fused-ring (bicyclic) bond motifs is 1. The molecule has 116 valence electrons. The van der Waals surface area contributed by atoms with Gasteiger partial charge in [-0.1, -0.05) is 0 Å². The van der Waals surface area contributed by atoms with E-state index in [1.165, 1.54) is 0 Å². The van der Waals surface area contributed by atoms with Gasteiger partial charge < -0.3 is 5.32 Å². The van der Waals surface area contributed by atoms with Gasteiger partial charge in [0, 0.05) is 13.1 Å². The molecule has 3 aromatic heterocycles. The second-order valence-electron chi connectivity index (χ2n) is 5.31. The van der Waals surface area contributed by atoms with Crippen molar-refractivity contribution in [3.05, 3.63) is 23.4 Å². The summed E-state index contributed by atoms with van der Waals surface area (Å²) < 4.78 is 3.92. The fourth-order valence-electron chi connectivity index (χ4n) is 2.79. The molecule has 0 bridgehead atoms. The summed E-state index contributed by atoms with van der Waals surface area (Å²) in [7, 11) is 0. The fourth-order valence-corrected chi connectivity index (χ4v) is 2.79. The molecule has 1 N–H and O–H groups in total. The largest absolute Gasteiger partial charge is 0.335 e. The van der Waals surface area contributed by atoms with Crippen molar-refractivity contribution >= 4 is 22.5 Å². The topological polar surface area (TPSA) is 73.5 Å². The summed E-state index contributed by atoms with van der Waals surface area (Å²) >= 11 is 0. The van der Waals surface area contributed by atoms with Gasteiger partial charge in [0.15, 0.2) is 5.82 Å². The molecule has 0 amide bonds. The Labute approximate surface area is 129 Å². The van der Waals surface area contributed by atoms with Gasteiger partial charge >= 0.3 is 0 Å². The van der Waals surface area contributed by atoms with Crippen molar-refractivity contribution in [3.8, 4) is 0 Å². The number of hydrogen-bond donors (Lipinski definition) is 1. The van der Waals surface area contributed by atoms with Crippen molar-refractivity contribution in [2.75, 3.05) is 5.32 Å². The smallest absolute Gasteiger partial charge is 0.160 e. The van der Waals surface area contributed by atoms with Crippen molar-refractivity contribution in [2.24, 2.45) is 0 Å². The van der Waals surface area contributed by atoms with E-state index >= 15 is 0 Å². The predicted octanol–water partition coefficient (Wildman–Crippen LogP) is 2.73. The molecule has 0 atom stereocenters. The van der Waals surface area contributed by atoms with Gasteiger partial charge in [0.2, 0.25) is 0 Å². The molecule has 3 heterocycles. The lowest BCUT2D eigenvalue weighted by atomic mass is 10.3. The molecule has 0 aliphatic carbocycles. The van der Waals surface area contributed by atoms with Gasteiger partial charge in [-0.2, -0.15) is 10.2 Å². The van der Waals surface area contributed by atoms with Crippen LogP contribution in [-0.4, -0.2) is 29.5 Å². The SMILES string of the molecule is CCn1nc(C)c(Nc2ncnc3c(C)nn(CC)c23)c1C. The maximum atomic E-state index is 4.54. The number of hydrogen-bond acceptors (Lipinski definition) is 5. The van der Waals surface area contributed by atoms with E-state index < -0.39 is 0 Å². The molecule has 0 aliphatic rings. The number of aromatic nitrogens is 6. The molecule has 0 aromatic carbocycles. The molecule has 0 fully saturated rings. The molecule has 0 unspecified atom stereocenters. The fraction of sp³-hybridized carbons (Fsp3) is 0.467. The van der Waals surface area contributed by atoms with Crippen LogP contribution in [0.1, 0.15) is 30.9 Å². The van der Waals surface area contributed by atoms with E-state index in [1.807, 2.05) is 23.2 Å². The second kappa shape index (κ2) is 5.40. The summed E-state index contributed by atoms with van der Waals surface area (Å²) in [6, 6.07) is 0. The third-order valence-corrected chi connectivity index (χ3v) is 3.92. The van der Waals surface area contributed by atoms with E-state index in [1.54, 1.807) is 6.33 Å². The Bertz CT molecular complexity index is 828. The first-order chi connectivity index (χ1) is 10.6. The first-order valence-electron chi connectivity index (χ1n) is 7.55. The molecule has 0 radical (unpaired) electrons. The Balaban J connectivity index is 2.14. The molecule has 0 saturated heterocycles. The van der Waals surface area contributed by atoms with Gasteiger partial charge in [0.25, 0.3) is 0 Å². The molecule has 3 rings (SSSR count). The van der Waals surface area contributed by atoms with Gasteiger partial charge in [-0.25, -0.2) is 9.97 Å². The van der Waals surface area contributed by atoms with E-state index in [2.05, 4.69) is 46.3 Å². The number of aryl methyl sites for hydroxylation is 4. The molecular weight excluding hydrogens is 278 g/mol.